The summed E-state index contributed by atoms with van der Waals surface area (Å²) in [6, 6.07) is 19.7. The van der Waals surface area contributed by atoms with Crippen molar-refractivity contribution in [3.63, 3.8) is 0 Å². The van der Waals surface area contributed by atoms with E-state index in [2.05, 4.69) is 45.9 Å². The van der Waals surface area contributed by atoms with E-state index in [4.69, 9.17) is 4.74 Å². The third-order valence-corrected chi connectivity index (χ3v) is 6.54. The summed E-state index contributed by atoms with van der Waals surface area (Å²) in [6.45, 7) is 4.43. The Bertz CT molecular complexity index is 1070. The first-order valence-corrected chi connectivity index (χ1v) is 11.7. The summed E-state index contributed by atoms with van der Waals surface area (Å²) in [5.74, 6) is -0.819. The maximum absolute atomic E-state index is 12.6. The Morgan fingerprint density at radius 1 is 1.03 bits per heavy atom. The van der Waals surface area contributed by atoms with E-state index in [9.17, 15) is 9.59 Å². The van der Waals surface area contributed by atoms with Crippen LogP contribution in [0.1, 0.15) is 29.0 Å². The molecule has 1 aromatic heterocycles. The van der Waals surface area contributed by atoms with Gasteiger partial charge in [0.05, 0.1) is 18.3 Å². The molecule has 0 saturated heterocycles. The van der Waals surface area contributed by atoms with E-state index < -0.39 is 11.8 Å². The highest BCUT2D eigenvalue weighted by molar-refractivity contribution is 7.10. The number of hydrogen-bond donors (Lipinski definition) is 2. The second-order valence-corrected chi connectivity index (χ2v) is 8.59. The van der Waals surface area contributed by atoms with E-state index in [1.54, 1.807) is 29.5 Å². The van der Waals surface area contributed by atoms with E-state index in [0.717, 1.165) is 19.5 Å². The Hall–Kier alpha value is -3.16. The quantitative estimate of drug-likeness (QED) is 0.535. The number of ether oxygens (including phenoxy) is 1. The SMILES string of the molecule is CCOc1ccccc1NC(=O)C(=O)NC[C@@H](c1cccs1)N1CCc2ccccc2C1. The zero-order valence-electron chi connectivity index (χ0n) is 18.0. The van der Waals surface area contributed by atoms with Crippen molar-refractivity contribution in [1.29, 1.82) is 0 Å². The molecule has 0 spiro atoms. The Balaban J connectivity index is 1.41. The molecule has 1 aliphatic rings. The van der Waals surface area contributed by atoms with Gasteiger partial charge in [0.15, 0.2) is 0 Å². The second-order valence-electron chi connectivity index (χ2n) is 7.61. The molecule has 32 heavy (non-hydrogen) atoms. The smallest absolute Gasteiger partial charge is 0.313 e. The third kappa shape index (κ3) is 5.18. The molecule has 1 aliphatic heterocycles. The van der Waals surface area contributed by atoms with Crippen LogP contribution in [0.4, 0.5) is 5.69 Å². The van der Waals surface area contributed by atoms with Gasteiger partial charge in [-0.15, -0.1) is 11.3 Å². The van der Waals surface area contributed by atoms with Crippen molar-refractivity contribution in [3.05, 3.63) is 82.0 Å². The van der Waals surface area contributed by atoms with Gasteiger partial charge in [-0.2, -0.15) is 0 Å². The number of rotatable bonds is 7. The van der Waals surface area contributed by atoms with Gasteiger partial charge in [-0.05, 0) is 48.1 Å². The number of thiophene rings is 1. The molecule has 0 radical (unpaired) electrons. The molecule has 0 bridgehead atoms. The molecule has 2 N–H and O–H groups in total. The molecule has 0 aliphatic carbocycles. The molecule has 1 atom stereocenters. The van der Waals surface area contributed by atoms with Crippen LogP contribution in [0.5, 0.6) is 5.75 Å². The molecule has 0 saturated carbocycles. The highest BCUT2D eigenvalue weighted by atomic mass is 32.1. The number of amides is 2. The minimum absolute atomic E-state index is 0.0100. The monoisotopic (exact) mass is 449 g/mol. The lowest BCUT2D eigenvalue weighted by Gasteiger charge is -2.35. The molecule has 3 aromatic rings. The lowest BCUT2D eigenvalue weighted by molar-refractivity contribution is -0.136. The Kier molecular flexibility index (Phi) is 7.19. The van der Waals surface area contributed by atoms with Gasteiger partial charge in [-0.3, -0.25) is 14.5 Å². The molecular formula is C25H27N3O3S. The van der Waals surface area contributed by atoms with E-state index in [0.29, 0.717) is 24.6 Å². The van der Waals surface area contributed by atoms with Gasteiger partial charge < -0.3 is 15.4 Å². The molecule has 2 heterocycles. The molecule has 2 amide bonds. The van der Waals surface area contributed by atoms with Gasteiger partial charge in [0.25, 0.3) is 0 Å². The van der Waals surface area contributed by atoms with Crippen molar-refractivity contribution in [2.45, 2.75) is 25.9 Å². The summed E-state index contributed by atoms with van der Waals surface area (Å²) in [7, 11) is 0. The summed E-state index contributed by atoms with van der Waals surface area (Å²) < 4.78 is 5.52. The number of nitrogens with one attached hydrogen (secondary N) is 2. The first-order chi connectivity index (χ1) is 15.7. The number of carbonyl (C=O) groups excluding carboxylic acids is 2. The van der Waals surface area contributed by atoms with Gasteiger partial charge in [0, 0.05) is 24.5 Å². The third-order valence-electron chi connectivity index (χ3n) is 5.57. The second kappa shape index (κ2) is 10.4. The zero-order valence-corrected chi connectivity index (χ0v) is 18.9. The summed E-state index contributed by atoms with van der Waals surface area (Å²) in [4.78, 5) is 28.7. The molecule has 166 valence electrons. The number of para-hydroxylation sites is 2. The summed E-state index contributed by atoms with van der Waals surface area (Å²) in [6.07, 6.45) is 0.973. The number of fused-ring (bicyclic) bond motifs is 1. The number of nitrogens with zero attached hydrogens (tertiary/aromatic N) is 1. The highest BCUT2D eigenvalue weighted by Crippen LogP contribution is 2.30. The Morgan fingerprint density at radius 3 is 2.59 bits per heavy atom. The number of hydrogen-bond acceptors (Lipinski definition) is 5. The van der Waals surface area contributed by atoms with E-state index in [1.165, 1.54) is 16.0 Å². The van der Waals surface area contributed by atoms with Crippen LogP contribution in [0.2, 0.25) is 0 Å². The average molecular weight is 450 g/mol. The van der Waals surface area contributed by atoms with Crippen LogP contribution >= 0.6 is 11.3 Å². The minimum Gasteiger partial charge on any atom is -0.492 e. The first-order valence-electron chi connectivity index (χ1n) is 10.8. The normalized spacial score (nSPS) is 14.3. The molecule has 7 heteroatoms. The molecule has 6 nitrogen and oxygen atoms in total. The summed E-state index contributed by atoms with van der Waals surface area (Å²) >= 11 is 1.67. The van der Waals surface area contributed by atoms with Crippen LogP contribution in [0, 0.1) is 0 Å². The van der Waals surface area contributed by atoms with E-state index in [1.807, 2.05) is 24.4 Å². The molecule has 2 aromatic carbocycles. The van der Waals surface area contributed by atoms with Crippen molar-refractivity contribution in [1.82, 2.24) is 10.2 Å². The van der Waals surface area contributed by atoms with Crippen molar-refractivity contribution >= 4 is 28.8 Å². The van der Waals surface area contributed by atoms with Gasteiger partial charge in [0.2, 0.25) is 0 Å². The van der Waals surface area contributed by atoms with Gasteiger partial charge in [-0.25, -0.2) is 0 Å². The fourth-order valence-corrected chi connectivity index (χ4v) is 4.83. The van der Waals surface area contributed by atoms with Crippen molar-refractivity contribution in [2.24, 2.45) is 0 Å². The fourth-order valence-electron chi connectivity index (χ4n) is 3.97. The maximum Gasteiger partial charge on any atom is 0.313 e. The average Bonchev–Trinajstić information content (AvgIpc) is 3.35. The van der Waals surface area contributed by atoms with Crippen molar-refractivity contribution in [2.75, 3.05) is 25.0 Å². The van der Waals surface area contributed by atoms with Crippen LogP contribution in [0.3, 0.4) is 0 Å². The largest absolute Gasteiger partial charge is 0.492 e. The Labute approximate surface area is 192 Å². The molecule has 4 rings (SSSR count). The number of benzene rings is 2. The summed E-state index contributed by atoms with van der Waals surface area (Å²) in [5, 5.41) is 7.54. The molecule has 0 fully saturated rings. The molecular weight excluding hydrogens is 422 g/mol. The Morgan fingerprint density at radius 2 is 1.81 bits per heavy atom. The van der Waals surface area contributed by atoms with Gasteiger partial charge in [0.1, 0.15) is 5.75 Å². The van der Waals surface area contributed by atoms with E-state index >= 15 is 0 Å². The maximum atomic E-state index is 12.6. The van der Waals surface area contributed by atoms with Crippen molar-refractivity contribution in [3.8, 4) is 5.75 Å². The summed E-state index contributed by atoms with van der Waals surface area (Å²) in [5.41, 5.74) is 3.18. The van der Waals surface area contributed by atoms with Crippen LogP contribution in [-0.4, -0.2) is 36.4 Å². The first kappa shape index (κ1) is 22.0. The van der Waals surface area contributed by atoms with Crippen LogP contribution in [-0.2, 0) is 22.6 Å². The van der Waals surface area contributed by atoms with Crippen molar-refractivity contribution < 1.29 is 14.3 Å². The standard InChI is InChI=1S/C25H27N3O3S/c1-2-31-22-11-6-5-10-20(22)27-25(30)24(29)26-16-21(23-12-7-15-32-23)28-14-13-18-8-3-4-9-19(18)17-28/h3-12,15,21H,2,13-14,16-17H2,1H3,(H,26,29)(H,27,30)/t21-/m0/s1. The number of anilines is 1. The lowest BCUT2D eigenvalue weighted by atomic mass is 9.98. The van der Waals surface area contributed by atoms with Crippen LogP contribution in [0.25, 0.3) is 0 Å². The van der Waals surface area contributed by atoms with Gasteiger partial charge in [-0.1, -0.05) is 42.5 Å². The number of carbonyl (C=O) groups is 2. The minimum atomic E-state index is -0.703. The zero-order chi connectivity index (χ0) is 22.3. The topological polar surface area (TPSA) is 70.7 Å². The fraction of sp³-hybridized carbons (Fsp3) is 0.280. The molecule has 0 unspecified atom stereocenters. The predicted octanol–water partition coefficient (Wildman–Crippen LogP) is 4.00. The lowest BCUT2D eigenvalue weighted by Crippen LogP contribution is -2.43. The highest BCUT2D eigenvalue weighted by Gasteiger charge is 2.27. The van der Waals surface area contributed by atoms with E-state index in [-0.39, 0.29) is 6.04 Å². The van der Waals surface area contributed by atoms with Crippen LogP contribution < -0.4 is 15.4 Å². The predicted molar refractivity (Wildman–Crippen MR) is 127 cm³/mol. The van der Waals surface area contributed by atoms with Gasteiger partial charge >= 0.3 is 11.8 Å². The van der Waals surface area contributed by atoms with Crippen LogP contribution in [0.15, 0.2) is 66.0 Å².